The smallest absolute Gasteiger partial charge is 0.303 e. The van der Waals surface area contributed by atoms with E-state index in [1.54, 1.807) is 0 Å². The largest absolute Gasteiger partial charge is 0.511 e. The molecule has 0 aromatic heterocycles. The Morgan fingerprint density at radius 1 is 1.03 bits per heavy atom. The Hall–Kier alpha value is -1.83. The summed E-state index contributed by atoms with van der Waals surface area (Å²) in [6.07, 6.45) is 7.95. The van der Waals surface area contributed by atoms with Gasteiger partial charge in [-0.1, -0.05) is 41.5 Å². The molecule has 0 spiro atoms. The number of Topliss-reactive ketones (excluding diaryl/α,β-unsaturated/α-hetero) is 1. The molecule has 0 aromatic rings. The van der Waals surface area contributed by atoms with Gasteiger partial charge in [0.25, 0.3) is 0 Å². The van der Waals surface area contributed by atoms with Gasteiger partial charge in [0.05, 0.1) is 18.1 Å². The van der Waals surface area contributed by atoms with Crippen LogP contribution in [-0.2, 0) is 9.59 Å². The minimum Gasteiger partial charge on any atom is -0.511 e. The van der Waals surface area contributed by atoms with E-state index in [-0.39, 0.29) is 68.8 Å². The highest BCUT2D eigenvalue weighted by Gasteiger charge is 2.71. The van der Waals surface area contributed by atoms with E-state index in [1.165, 1.54) is 0 Å². The summed E-state index contributed by atoms with van der Waals surface area (Å²) in [5.74, 6) is 0.277. The van der Waals surface area contributed by atoms with Crippen molar-refractivity contribution in [2.24, 2.45) is 56.7 Å². The standard InChI is InChI=1S/C31H45NO4/c1-18-20-7-8-29(5)23(28(20,4)14-19(17-32)26(18)36)13-22(33)25-21-15-27(2,3)9-11-31(21,16-24(34)35)12-10-30(25,29)6/h18,20-21,23,25,36H,7-16H2,1-6H3,(H,34,35)/t18-,20?,21?,23?,25?,28+,29-,30-,31-/m1/s1. The number of nitriles is 1. The first-order chi connectivity index (χ1) is 16.6. The summed E-state index contributed by atoms with van der Waals surface area (Å²) in [4.78, 5) is 26.4. The quantitative estimate of drug-likeness (QED) is 0.426. The molecule has 4 unspecified atom stereocenters. The molecule has 5 aliphatic carbocycles. The molecule has 36 heavy (non-hydrogen) atoms. The van der Waals surface area contributed by atoms with E-state index in [0.29, 0.717) is 24.2 Å². The molecule has 0 radical (unpaired) electrons. The van der Waals surface area contributed by atoms with Crippen molar-refractivity contribution >= 4 is 11.8 Å². The Labute approximate surface area is 216 Å². The van der Waals surface area contributed by atoms with Gasteiger partial charge in [0.15, 0.2) is 0 Å². The predicted molar refractivity (Wildman–Crippen MR) is 138 cm³/mol. The number of hydrogen-bond donors (Lipinski definition) is 2. The van der Waals surface area contributed by atoms with E-state index >= 15 is 0 Å². The predicted octanol–water partition coefficient (Wildman–Crippen LogP) is 7.08. The first-order valence-corrected chi connectivity index (χ1v) is 14.2. The normalized spacial score (nSPS) is 49.7. The van der Waals surface area contributed by atoms with Gasteiger partial charge in [-0.05, 0) is 96.2 Å². The number of aliphatic hydroxyl groups excluding tert-OH is 1. The van der Waals surface area contributed by atoms with Gasteiger partial charge in [-0.3, -0.25) is 9.59 Å². The lowest BCUT2D eigenvalue weighted by Crippen LogP contribution is -2.68. The third-order valence-electron chi connectivity index (χ3n) is 13.1. The topological polar surface area (TPSA) is 98.4 Å². The van der Waals surface area contributed by atoms with Gasteiger partial charge in [0.1, 0.15) is 11.5 Å². The van der Waals surface area contributed by atoms with E-state index in [0.717, 1.165) is 44.9 Å². The van der Waals surface area contributed by atoms with E-state index in [2.05, 4.69) is 47.6 Å². The highest BCUT2D eigenvalue weighted by molar-refractivity contribution is 5.84. The molecule has 0 heterocycles. The number of fused-ring (bicyclic) bond motifs is 7. The average Bonchev–Trinajstić information content (AvgIpc) is 2.78. The summed E-state index contributed by atoms with van der Waals surface area (Å²) in [6, 6.07) is 2.29. The van der Waals surface area contributed by atoms with Crippen LogP contribution >= 0.6 is 0 Å². The summed E-state index contributed by atoms with van der Waals surface area (Å²) >= 11 is 0. The van der Waals surface area contributed by atoms with Crippen LogP contribution < -0.4 is 0 Å². The number of hydrogen-bond acceptors (Lipinski definition) is 4. The van der Waals surface area contributed by atoms with Crippen molar-refractivity contribution in [3.63, 3.8) is 0 Å². The average molecular weight is 496 g/mol. The Bertz CT molecular complexity index is 1070. The first kappa shape index (κ1) is 25.8. The van der Waals surface area contributed by atoms with Gasteiger partial charge < -0.3 is 10.2 Å². The number of aliphatic carboxylic acids is 1. The molecule has 0 aliphatic heterocycles. The molecule has 0 bridgehead atoms. The van der Waals surface area contributed by atoms with E-state index in [9.17, 15) is 25.1 Å². The lowest BCUT2D eigenvalue weighted by Gasteiger charge is -2.72. The Morgan fingerprint density at radius 2 is 1.69 bits per heavy atom. The van der Waals surface area contributed by atoms with Gasteiger partial charge in [-0.15, -0.1) is 0 Å². The molecule has 198 valence electrons. The van der Waals surface area contributed by atoms with Crippen LogP contribution in [-0.4, -0.2) is 22.0 Å². The van der Waals surface area contributed by atoms with Crippen molar-refractivity contribution < 1.29 is 19.8 Å². The first-order valence-electron chi connectivity index (χ1n) is 14.2. The molecule has 4 fully saturated rings. The van der Waals surface area contributed by atoms with Crippen LogP contribution in [0.5, 0.6) is 0 Å². The Kier molecular flexibility index (Phi) is 5.62. The van der Waals surface area contributed by atoms with E-state index in [4.69, 9.17) is 0 Å². The second-order valence-electron chi connectivity index (χ2n) is 15.0. The van der Waals surface area contributed by atoms with Gasteiger partial charge in [0, 0.05) is 18.3 Å². The molecular formula is C31H45NO4. The van der Waals surface area contributed by atoms with Crippen molar-refractivity contribution in [2.45, 2.75) is 106 Å². The van der Waals surface area contributed by atoms with Crippen molar-refractivity contribution in [1.82, 2.24) is 0 Å². The van der Waals surface area contributed by atoms with Crippen LogP contribution in [0.15, 0.2) is 11.3 Å². The lowest BCUT2D eigenvalue weighted by atomic mass is 9.32. The minimum absolute atomic E-state index is 0.0545. The number of aliphatic hydroxyl groups is 1. The van der Waals surface area contributed by atoms with Crippen molar-refractivity contribution in [3.8, 4) is 6.07 Å². The van der Waals surface area contributed by atoms with Gasteiger partial charge in [0.2, 0.25) is 0 Å². The highest BCUT2D eigenvalue weighted by atomic mass is 16.4. The second-order valence-corrected chi connectivity index (χ2v) is 15.0. The fraction of sp³-hybridized carbons (Fsp3) is 0.839. The van der Waals surface area contributed by atoms with Gasteiger partial charge >= 0.3 is 5.97 Å². The fourth-order valence-corrected chi connectivity index (χ4v) is 10.9. The number of carboxylic acids is 1. The number of carbonyl (C=O) groups excluding carboxylic acids is 1. The molecule has 0 aromatic carbocycles. The number of nitrogens with zero attached hydrogens (tertiary/aromatic N) is 1. The summed E-state index contributed by atoms with van der Waals surface area (Å²) in [5, 5.41) is 30.5. The van der Waals surface area contributed by atoms with Crippen molar-refractivity contribution in [1.29, 1.82) is 5.26 Å². The summed E-state index contributed by atoms with van der Waals surface area (Å²) in [5.41, 5.74) is -0.0813. The van der Waals surface area contributed by atoms with E-state index < -0.39 is 5.97 Å². The molecule has 5 nitrogen and oxygen atoms in total. The maximum absolute atomic E-state index is 14.4. The zero-order valence-electron chi connectivity index (χ0n) is 23.1. The maximum atomic E-state index is 14.4. The van der Waals surface area contributed by atoms with Crippen LogP contribution in [0.3, 0.4) is 0 Å². The van der Waals surface area contributed by atoms with Crippen LogP contribution in [0.1, 0.15) is 106 Å². The maximum Gasteiger partial charge on any atom is 0.303 e. The molecule has 5 aliphatic rings. The third kappa shape index (κ3) is 3.24. The number of allylic oxidation sites excluding steroid dienone is 2. The zero-order chi connectivity index (χ0) is 26.5. The summed E-state index contributed by atoms with van der Waals surface area (Å²) in [7, 11) is 0. The van der Waals surface area contributed by atoms with E-state index in [1.807, 2.05) is 0 Å². The molecule has 4 saturated carbocycles. The molecular weight excluding hydrogens is 450 g/mol. The fourth-order valence-electron chi connectivity index (χ4n) is 10.9. The SMILES string of the molecule is C[C@H]1C(O)=C(C#N)C[C@@]2(C)C1CC[C@]1(C)C2CC(=O)C2C3CC(C)(C)CC[C@]3(CC(=O)O)CC[C@]21C. The molecule has 0 saturated heterocycles. The number of ketones is 1. The molecule has 0 amide bonds. The number of rotatable bonds is 2. The molecule has 5 rings (SSSR count). The monoisotopic (exact) mass is 495 g/mol. The molecule has 9 atom stereocenters. The molecule has 2 N–H and O–H groups in total. The summed E-state index contributed by atoms with van der Waals surface area (Å²) < 4.78 is 0. The van der Waals surface area contributed by atoms with Crippen molar-refractivity contribution in [2.75, 3.05) is 0 Å². The van der Waals surface area contributed by atoms with Crippen LogP contribution in [0.2, 0.25) is 0 Å². The second kappa shape index (κ2) is 7.84. The third-order valence-corrected chi connectivity index (χ3v) is 13.1. The van der Waals surface area contributed by atoms with Gasteiger partial charge in [-0.25, -0.2) is 0 Å². The van der Waals surface area contributed by atoms with Crippen LogP contribution in [0.25, 0.3) is 0 Å². The number of carbonyl (C=O) groups is 2. The van der Waals surface area contributed by atoms with Crippen LogP contribution in [0.4, 0.5) is 0 Å². The summed E-state index contributed by atoms with van der Waals surface area (Å²) in [6.45, 7) is 13.7. The zero-order valence-corrected chi connectivity index (χ0v) is 23.1. The highest BCUT2D eigenvalue weighted by Crippen LogP contribution is 2.76. The Balaban J connectivity index is 1.60. The van der Waals surface area contributed by atoms with Crippen LogP contribution in [0, 0.1) is 68.0 Å². The lowest BCUT2D eigenvalue weighted by molar-refractivity contribution is -0.227. The Morgan fingerprint density at radius 3 is 2.33 bits per heavy atom. The minimum atomic E-state index is -0.726. The van der Waals surface area contributed by atoms with Crippen molar-refractivity contribution in [3.05, 3.63) is 11.3 Å². The number of carboxylic acid groups (broad SMARTS) is 1. The molecule has 5 heteroatoms. The van der Waals surface area contributed by atoms with Gasteiger partial charge in [-0.2, -0.15) is 5.26 Å².